The van der Waals surface area contributed by atoms with Gasteiger partial charge in [-0.1, -0.05) is 41.6 Å². The molecule has 0 aliphatic rings. The molecule has 0 saturated heterocycles. The third-order valence-corrected chi connectivity index (χ3v) is 5.19. The number of hydrogen-bond acceptors (Lipinski definition) is 5. The molecule has 0 aliphatic heterocycles. The van der Waals surface area contributed by atoms with Gasteiger partial charge in [0.05, 0.1) is 13.3 Å². The first-order valence-corrected chi connectivity index (χ1v) is 10.5. The van der Waals surface area contributed by atoms with Gasteiger partial charge in [0, 0.05) is 11.3 Å². The second kappa shape index (κ2) is 11.1. The van der Waals surface area contributed by atoms with E-state index in [2.05, 4.69) is 15.4 Å². The first-order chi connectivity index (χ1) is 15.5. The number of aryl methyl sites for hydroxylation is 1. The van der Waals surface area contributed by atoms with Crippen LogP contribution in [-0.4, -0.2) is 50.0 Å². The van der Waals surface area contributed by atoms with Crippen molar-refractivity contribution in [1.82, 2.24) is 4.90 Å². The van der Waals surface area contributed by atoms with E-state index in [1.165, 1.54) is 6.21 Å². The number of nitrogens with zero attached hydrogens (tertiary/aromatic N) is 2. The highest BCUT2D eigenvalue weighted by Gasteiger charge is 2.11. The summed E-state index contributed by atoms with van der Waals surface area (Å²) < 4.78 is 5.47. The quantitative estimate of drug-likeness (QED) is 0.287. The van der Waals surface area contributed by atoms with Crippen molar-refractivity contribution in [2.75, 3.05) is 33.1 Å². The fraction of sp³-hybridized carbons (Fsp3) is 0.231. The molecule has 3 aromatic rings. The molecule has 0 aliphatic carbocycles. The SMILES string of the molecule is COc1ccc(C(=O)Nc2ccc(-c3ccc(C=NO)cc3)cc2)cc1CCCN(C)C. The highest BCUT2D eigenvalue weighted by atomic mass is 16.5. The van der Waals surface area contributed by atoms with Gasteiger partial charge >= 0.3 is 0 Å². The predicted octanol–water partition coefficient (Wildman–Crippen LogP) is 4.92. The van der Waals surface area contributed by atoms with E-state index in [1.807, 2.05) is 74.8 Å². The second-order valence-electron chi connectivity index (χ2n) is 7.83. The van der Waals surface area contributed by atoms with E-state index in [4.69, 9.17) is 9.94 Å². The summed E-state index contributed by atoms with van der Waals surface area (Å²) in [6, 6.07) is 20.9. The Hall–Kier alpha value is -3.64. The first kappa shape index (κ1) is 23.0. The first-order valence-electron chi connectivity index (χ1n) is 10.5. The lowest BCUT2D eigenvalue weighted by molar-refractivity contribution is 0.102. The number of ether oxygens (including phenoxy) is 1. The number of nitrogens with one attached hydrogen (secondary N) is 1. The second-order valence-corrected chi connectivity index (χ2v) is 7.83. The fourth-order valence-corrected chi connectivity index (χ4v) is 3.48. The summed E-state index contributed by atoms with van der Waals surface area (Å²) in [6.07, 6.45) is 3.22. The third kappa shape index (κ3) is 6.18. The van der Waals surface area contributed by atoms with Crippen LogP contribution in [0.3, 0.4) is 0 Å². The average molecular weight is 432 g/mol. The summed E-state index contributed by atoms with van der Waals surface area (Å²) in [7, 11) is 5.75. The lowest BCUT2D eigenvalue weighted by atomic mass is 10.0. The van der Waals surface area contributed by atoms with Gasteiger partial charge in [-0.3, -0.25) is 4.79 Å². The Bertz CT molecular complexity index is 1060. The minimum Gasteiger partial charge on any atom is -0.496 e. The Labute approximate surface area is 189 Å². The molecule has 3 aromatic carbocycles. The maximum Gasteiger partial charge on any atom is 0.255 e. The Kier molecular flexibility index (Phi) is 8.00. The van der Waals surface area contributed by atoms with Gasteiger partial charge in [-0.2, -0.15) is 0 Å². The molecule has 32 heavy (non-hydrogen) atoms. The van der Waals surface area contributed by atoms with Crippen LogP contribution in [0.4, 0.5) is 5.69 Å². The van der Waals surface area contributed by atoms with Crippen LogP contribution in [0.2, 0.25) is 0 Å². The minimum atomic E-state index is -0.151. The lowest BCUT2D eigenvalue weighted by Crippen LogP contribution is -2.14. The molecule has 0 saturated carbocycles. The van der Waals surface area contributed by atoms with Gasteiger partial charge in [0.1, 0.15) is 5.75 Å². The number of hydrogen-bond donors (Lipinski definition) is 2. The van der Waals surface area contributed by atoms with E-state index < -0.39 is 0 Å². The van der Waals surface area contributed by atoms with Crippen LogP contribution < -0.4 is 10.1 Å². The van der Waals surface area contributed by atoms with Crippen LogP contribution in [0.15, 0.2) is 71.9 Å². The van der Waals surface area contributed by atoms with Gasteiger partial charge in [-0.05, 0) is 86.1 Å². The van der Waals surface area contributed by atoms with E-state index in [1.54, 1.807) is 13.2 Å². The maximum atomic E-state index is 12.8. The molecular weight excluding hydrogens is 402 g/mol. The van der Waals surface area contributed by atoms with Crippen LogP contribution in [0.5, 0.6) is 5.75 Å². The normalized spacial score (nSPS) is 11.1. The van der Waals surface area contributed by atoms with Crippen LogP contribution >= 0.6 is 0 Å². The third-order valence-electron chi connectivity index (χ3n) is 5.19. The molecule has 0 atom stereocenters. The van der Waals surface area contributed by atoms with Crippen molar-refractivity contribution in [3.8, 4) is 16.9 Å². The Morgan fingerprint density at radius 3 is 2.28 bits per heavy atom. The monoisotopic (exact) mass is 431 g/mol. The standard InChI is InChI=1S/C26H29N3O3/c1-29(2)16-4-5-22-17-23(12-15-25(22)32-3)26(30)28-24-13-10-21(11-14-24)20-8-6-19(7-9-20)18-27-31/h6-15,17-18,31H,4-5,16H2,1-3H3,(H,28,30). The molecule has 0 radical (unpaired) electrons. The largest absolute Gasteiger partial charge is 0.496 e. The van der Waals surface area contributed by atoms with Gasteiger partial charge in [0.2, 0.25) is 0 Å². The maximum absolute atomic E-state index is 12.8. The van der Waals surface area contributed by atoms with E-state index in [0.717, 1.165) is 53.1 Å². The number of rotatable bonds is 9. The van der Waals surface area contributed by atoms with E-state index >= 15 is 0 Å². The number of benzene rings is 3. The van der Waals surface area contributed by atoms with Crippen molar-refractivity contribution in [2.24, 2.45) is 5.16 Å². The number of anilines is 1. The zero-order chi connectivity index (χ0) is 22.9. The summed E-state index contributed by atoms with van der Waals surface area (Å²) >= 11 is 0. The molecule has 0 fully saturated rings. The zero-order valence-corrected chi connectivity index (χ0v) is 18.7. The summed E-state index contributed by atoms with van der Waals surface area (Å²) in [4.78, 5) is 15.0. The highest BCUT2D eigenvalue weighted by molar-refractivity contribution is 6.04. The average Bonchev–Trinajstić information content (AvgIpc) is 2.80. The topological polar surface area (TPSA) is 74.2 Å². The van der Waals surface area contributed by atoms with E-state index in [9.17, 15) is 4.79 Å². The van der Waals surface area contributed by atoms with Gasteiger partial charge in [-0.25, -0.2) is 0 Å². The fourth-order valence-electron chi connectivity index (χ4n) is 3.48. The summed E-state index contributed by atoms with van der Waals surface area (Å²) in [5.41, 5.74) is 5.26. The van der Waals surface area contributed by atoms with Crippen LogP contribution in [0.1, 0.15) is 27.9 Å². The molecule has 0 bridgehead atoms. The van der Waals surface area contributed by atoms with Gasteiger partial charge in [0.15, 0.2) is 0 Å². The number of oxime groups is 1. The Morgan fingerprint density at radius 2 is 1.69 bits per heavy atom. The molecule has 166 valence electrons. The van der Waals surface area contributed by atoms with E-state index in [0.29, 0.717) is 5.56 Å². The lowest BCUT2D eigenvalue weighted by Gasteiger charge is -2.13. The molecule has 6 nitrogen and oxygen atoms in total. The molecule has 0 unspecified atom stereocenters. The summed E-state index contributed by atoms with van der Waals surface area (Å²) in [6.45, 7) is 0.976. The zero-order valence-electron chi connectivity index (χ0n) is 18.7. The van der Waals surface area contributed by atoms with Gasteiger partial charge in [0.25, 0.3) is 5.91 Å². The Morgan fingerprint density at radius 1 is 1.03 bits per heavy atom. The molecular formula is C26H29N3O3. The van der Waals surface area contributed by atoms with Crippen molar-refractivity contribution in [3.63, 3.8) is 0 Å². The van der Waals surface area contributed by atoms with E-state index in [-0.39, 0.29) is 5.91 Å². The molecule has 0 aromatic heterocycles. The predicted molar refractivity (Wildman–Crippen MR) is 129 cm³/mol. The Balaban J connectivity index is 1.68. The summed E-state index contributed by atoms with van der Waals surface area (Å²) in [5.74, 6) is 0.655. The van der Waals surface area contributed by atoms with Crippen LogP contribution in [0.25, 0.3) is 11.1 Å². The van der Waals surface area contributed by atoms with Crippen LogP contribution in [0, 0.1) is 0 Å². The molecule has 0 spiro atoms. The number of methoxy groups -OCH3 is 1. The number of amides is 1. The summed E-state index contributed by atoms with van der Waals surface area (Å²) in [5, 5.41) is 14.6. The highest BCUT2D eigenvalue weighted by Crippen LogP contribution is 2.24. The van der Waals surface area contributed by atoms with Gasteiger partial charge < -0.3 is 20.2 Å². The molecule has 1 amide bonds. The molecule has 3 rings (SSSR count). The van der Waals surface area contributed by atoms with Crippen molar-refractivity contribution in [1.29, 1.82) is 0 Å². The smallest absolute Gasteiger partial charge is 0.255 e. The number of carbonyl (C=O) groups excluding carboxylic acids is 1. The minimum absolute atomic E-state index is 0.151. The molecule has 6 heteroatoms. The van der Waals surface area contributed by atoms with Crippen molar-refractivity contribution < 1.29 is 14.7 Å². The number of carbonyl (C=O) groups is 1. The molecule has 0 heterocycles. The van der Waals surface area contributed by atoms with Gasteiger partial charge in [-0.15, -0.1) is 0 Å². The van der Waals surface area contributed by atoms with Crippen LogP contribution in [-0.2, 0) is 6.42 Å². The molecule has 2 N–H and O–H groups in total. The van der Waals surface area contributed by atoms with Crippen molar-refractivity contribution >= 4 is 17.8 Å². The van der Waals surface area contributed by atoms with Crippen molar-refractivity contribution in [2.45, 2.75) is 12.8 Å². The van der Waals surface area contributed by atoms with Crippen molar-refractivity contribution in [3.05, 3.63) is 83.4 Å².